The van der Waals surface area contributed by atoms with Crippen LogP contribution in [0.4, 0.5) is 5.82 Å². The van der Waals surface area contributed by atoms with Crippen molar-refractivity contribution in [3.05, 3.63) is 61.2 Å². The van der Waals surface area contributed by atoms with Crippen molar-refractivity contribution in [1.29, 1.82) is 0 Å². The normalized spacial score (nSPS) is 14.7. The van der Waals surface area contributed by atoms with Gasteiger partial charge in [0.05, 0.1) is 5.69 Å². The molecule has 4 rings (SSSR count). The molecule has 3 heterocycles. The van der Waals surface area contributed by atoms with Crippen molar-refractivity contribution in [2.45, 2.75) is 31.7 Å². The summed E-state index contributed by atoms with van der Waals surface area (Å²) in [5.41, 5.74) is 4.09. The first-order valence-corrected chi connectivity index (χ1v) is 8.48. The highest BCUT2D eigenvalue weighted by Crippen LogP contribution is 2.30. The van der Waals surface area contributed by atoms with E-state index in [-0.39, 0.29) is 0 Å². The molecule has 0 unspecified atom stereocenters. The van der Waals surface area contributed by atoms with Gasteiger partial charge in [-0.15, -0.1) is 0 Å². The Labute approximate surface area is 142 Å². The molecule has 4 nitrogen and oxygen atoms in total. The van der Waals surface area contributed by atoms with Crippen LogP contribution in [0.15, 0.2) is 61.2 Å². The summed E-state index contributed by atoms with van der Waals surface area (Å²) >= 11 is 0. The van der Waals surface area contributed by atoms with Crippen LogP contribution in [0, 0.1) is 0 Å². The molecule has 0 spiro atoms. The van der Waals surface area contributed by atoms with Gasteiger partial charge in [0.2, 0.25) is 0 Å². The summed E-state index contributed by atoms with van der Waals surface area (Å²) in [5, 5.41) is 3.53. The number of nitrogens with one attached hydrogen (secondary N) is 1. The highest BCUT2D eigenvalue weighted by atomic mass is 15.0. The average molecular weight is 316 g/mol. The molecule has 0 radical (unpaired) electrons. The average Bonchev–Trinajstić information content (AvgIpc) is 3.16. The molecule has 1 fully saturated rings. The van der Waals surface area contributed by atoms with Gasteiger partial charge in [-0.3, -0.25) is 9.97 Å². The zero-order valence-electron chi connectivity index (χ0n) is 13.5. The van der Waals surface area contributed by atoms with Gasteiger partial charge in [0, 0.05) is 47.5 Å². The molecule has 120 valence electrons. The van der Waals surface area contributed by atoms with Crippen LogP contribution in [0.2, 0.25) is 0 Å². The van der Waals surface area contributed by atoms with E-state index in [1.54, 1.807) is 6.20 Å². The fourth-order valence-electron chi connectivity index (χ4n) is 3.29. The molecule has 3 aromatic rings. The Balaban J connectivity index is 1.62. The standard InChI is InChI=1S/C20H20N4/c1-2-7-17(6-1)24-19-10-9-15(14-23-19)18-8-4-12-22-20(18)16-5-3-11-21-13-16/h3-5,8-14,17H,1-2,6-7H2,(H,23,24). The molecular formula is C20H20N4. The summed E-state index contributed by atoms with van der Waals surface area (Å²) < 4.78 is 0. The van der Waals surface area contributed by atoms with Crippen molar-refractivity contribution in [3.8, 4) is 22.4 Å². The molecule has 0 atom stereocenters. The second-order valence-electron chi connectivity index (χ2n) is 6.20. The van der Waals surface area contributed by atoms with E-state index < -0.39 is 0 Å². The van der Waals surface area contributed by atoms with E-state index in [0.717, 1.165) is 28.2 Å². The second kappa shape index (κ2) is 6.79. The van der Waals surface area contributed by atoms with Gasteiger partial charge >= 0.3 is 0 Å². The van der Waals surface area contributed by atoms with Gasteiger partial charge in [0.15, 0.2) is 0 Å². The minimum Gasteiger partial charge on any atom is -0.367 e. The van der Waals surface area contributed by atoms with Crippen LogP contribution in [0.25, 0.3) is 22.4 Å². The lowest BCUT2D eigenvalue weighted by molar-refractivity contribution is 0.750. The molecule has 1 aliphatic carbocycles. The van der Waals surface area contributed by atoms with Crippen molar-refractivity contribution in [1.82, 2.24) is 15.0 Å². The number of pyridine rings is 3. The lowest BCUT2D eigenvalue weighted by atomic mass is 10.0. The van der Waals surface area contributed by atoms with E-state index in [2.05, 4.69) is 38.5 Å². The predicted octanol–water partition coefficient (Wildman–Crippen LogP) is 4.56. The van der Waals surface area contributed by atoms with Crippen LogP contribution in [0.5, 0.6) is 0 Å². The van der Waals surface area contributed by atoms with Gasteiger partial charge in [-0.25, -0.2) is 4.98 Å². The molecule has 4 heteroatoms. The fraction of sp³-hybridized carbons (Fsp3) is 0.250. The third-order valence-electron chi connectivity index (χ3n) is 4.52. The number of hydrogen-bond donors (Lipinski definition) is 1. The van der Waals surface area contributed by atoms with Crippen molar-refractivity contribution in [2.75, 3.05) is 5.32 Å². The Morgan fingerprint density at radius 3 is 2.46 bits per heavy atom. The molecule has 0 aromatic carbocycles. The van der Waals surface area contributed by atoms with Gasteiger partial charge in [0.1, 0.15) is 5.82 Å². The zero-order chi connectivity index (χ0) is 16.2. The van der Waals surface area contributed by atoms with Crippen molar-refractivity contribution in [2.24, 2.45) is 0 Å². The molecule has 1 saturated carbocycles. The van der Waals surface area contributed by atoms with Crippen LogP contribution in [0.3, 0.4) is 0 Å². The van der Waals surface area contributed by atoms with E-state index in [0.29, 0.717) is 6.04 Å². The van der Waals surface area contributed by atoms with E-state index in [1.165, 1.54) is 25.7 Å². The first-order valence-electron chi connectivity index (χ1n) is 8.48. The van der Waals surface area contributed by atoms with Gasteiger partial charge in [-0.05, 0) is 43.2 Å². The smallest absolute Gasteiger partial charge is 0.126 e. The van der Waals surface area contributed by atoms with E-state index in [4.69, 9.17) is 0 Å². The van der Waals surface area contributed by atoms with Crippen LogP contribution in [-0.2, 0) is 0 Å². The third kappa shape index (κ3) is 3.13. The topological polar surface area (TPSA) is 50.7 Å². The molecule has 0 saturated heterocycles. The summed E-state index contributed by atoms with van der Waals surface area (Å²) in [4.78, 5) is 13.3. The number of aromatic nitrogens is 3. The SMILES string of the molecule is c1cncc(-c2ncccc2-c2ccc(NC3CCCC3)nc2)c1. The summed E-state index contributed by atoms with van der Waals surface area (Å²) in [7, 11) is 0. The quantitative estimate of drug-likeness (QED) is 0.766. The second-order valence-corrected chi connectivity index (χ2v) is 6.20. The van der Waals surface area contributed by atoms with Crippen LogP contribution < -0.4 is 5.32 Å². The van der Waals surface area contributed by atoms with Crippen LogP contribution in [0.1, 0.15) is 25.7 Å². The Bertz CT molecular complexity index is 793. The van der Waals surface area contributed by atoms with E-state index in [9.17, 15) is 0 Å². The minimum absolute atomic E-state index is 0.577. The van der Waals surface area contributed by atoms with Crippen molar-refractivity contribution >= 4 is 5.82 Å². The molecule has 3 aromatic heterocycles. The van der Waals surface area contributed by atoms with E-state index >= 15 is 0 Å². The zero-order valence-corrected chi connectivity index (χ0v) is 13.5. The first kappa shape index (κ1) is 14.8. The number of hydrogen-bond acceptors (Lipinski definition) is 4. The van der Waals surface area contributed by atoms with Gasteiger partial charge < -0.3 is 5.32 Å². The summed E-state index contributed by atoms with van der Waals surface area (Å²) in [6, 6.07) is 12.8. The maximum absolute atomic E-state index is 4.60. The Morgan fingerprint density at radius 1 is 0.833 bits per heavy atom. The molecule has 0 aliphatic heterocycles. The molecule has 1 aliphatic rings. The lowest BCUT2D eigenvalue weighted by Crippen LogP contribution is -2.15. The van der Waals surface area contributed by atoms with Gasteiger partial charge in [0.25, 0.3) is 0 Å². The Morgan fingerprint density at radius 2 is 1.71 bits per heavy atom. The maximum atomic E-state index is 4.60. The number of rotatable bonds is 4. The van der Waals surface area contributed by atoms with Crippen molar-refractivity contribution < 1.29 is 0 Å². The Hall–Kier alpha value is -2.75. The van der Waals surface area contributed by atoms with E-state index in [1.807, 2.05) is 36.8 Å². The molecule has 1 N–H and O–H groups in total. The van der Waals surface area contributed by atoms with Crippen LogP contribution >= 0.6 is 0 Å². The lowest BCUT2D eigenvalue weighted by Gasteiger charge is -2.13. The monoisotopic (exact) mass is 316 g/mol. The summed E-state index contributed by atoms with van der Waals surface area (Å²) in [5.74, 6) is 0.956. The largest absolute Gasteiger partial charge is 0.367 e. The molecule has 24 heavy (non-hydrogen) atoms. The Kier molecular flexibility index (Phi) is 4.19. The highest BCUT2D eigenvalue weighted by Gasteiger charge is 2.15. The third-order valence-corrected chi connectivity index (χ3v) is 4.52. The number of nitrogens with zero attached hydrogens (tertiary/aromatic N) is 3. The van der Waals surface area contributed by atoms with Gasteiger partial charge in [-0.2, -0.15) is 0 Å². The molecular weight excluding hydrogens is 296 g/mol. The van der Waals surface area contributed by atoms with Gasteiger partial charge in [-0.1, -0.05) is 18.9 Å². The number of anilines is 1. The minimum atomic E-state index is 0.577. The van der Waals surface area contributed by atoms with Crippen molar-refractivity contribution in [3.63, 3.8) is 0 Å². The van der Waals surface area contributed by atoms with Crippen LogP contribution in [-0.4, -0.2) is 21.0 Å². The fourth-order valence-corrected chi connectivity index (χ4v) is 3.29. The first-order chi connectivity index (χ1) is 11.9. The highest BCUT2D eigenvalue weighted by molar-refractivity contribution is 5.80. The maximum Gasteiger partial charge on any atom is 0.126 e. The predicted molar refractivity (Wildman–Crippen MR) is 96.6 cm³/mol. The molecule has 0 amide bonds. The summed E-state index contributed by atoms with van der Waals surface area (Å²) in [6.07, 6.45) is 12.5. The molecule has 0 bridgehead atoms. The summed E-state index contributed by atoms with van der Waals surface area (Å²) in [6.45, 7) is 0.